The molecule has 100 valence electrons. The number of fused-ring (bicyclic) bond motifs is 1. The molecule has 0 radical (unpaired) electrons. The van der Waals surface area contributed by atoms with Gasteiger partial charge in [-0.1, -0.05) is 0 Å². The Hall–Kier alpha value is -2.76. The molecule has 6 heteroatoms. The molecule has 0 fully saturated rings. The van der Waals surface area contributed by atoms with Crippen LogP contribution in [0.3, 0.4) is 0 Å². The van der Waals surface area contributed by atoms with E-state index in [1.54, 1.807) is 6.07 Å². The number of oxazole rings is 1. The summed E-state index contributed by atoms with van der Waals surface area (Å²) in [6.45, 7) is 3.65. The number of benzene rings is 1. The van der Waals surface area contributed by atoms with Gasteiger partial charge in [0.2, 0.25) is 5.89 Å². The molecule has 0 atom stereocenters. The molecule has 0 spiro atoms. The molecule has 3 rings (SSSR count). The molecule has 2 aromatic heterocycles. The molecule has 0 aliphatic heterocycles. The second-order valence-corrected chi connectivity index (χ2v) is 4.49. The van der Waals surface area contributed by atoms with Crippen molar-refractivity contribution in [3.63, 3.8) is 0 Å². The van der Waals surface area contributed by atoms with E-state index < -0.39 is 5.97 Å². The molecule has 0 amide bonds. The van der Waals surface area contributed by atoms with Crippen LogP contribution >= 0.6 is 0 Å². The monoisotopic (exact) mass is 269 g/mol. The molecule has 0 unspecified atom stereocenters. The molecular formula is C14H11N3O3. The van der Waals surface area contributed by atoms with Gasteiger partial charge in [-0.3, -0.25) is 0 Å². The SMILES string of the molecule is Cc1cc(-c2nc3cc(C(=O)O)ccc3o2)c(C)nn1. The summed E-state index contributed by atoms with van der Waals surface area (Å²) in [4.78, 5) is 15.3. The summed E-state index contributed by atoms with van der Waals surface area (Å²) in [5.74, 6) is -0.577. The number of nitrogens with zero attached hydrogens (tertiary/aromatic N) is 3. The van der Waals surface area contributed by atoms with Gasteiger partial charge in [0, 0.05) is 0 Å². The Balaban J connectivity index is 2.17. The van der Waals surface area contributed by atoms with E-state index in [0.717, 1.165) is 11.3 Å². The van der Waals surface area contributed by atoms with Crippen molar-refractivity contribution in [1.82, 2.24) is 15.2 Å². The lowest BCUT2D eigenvalue weighted by atomic mass is 10.2. The Labute approximate surface area is 114 Å². The quantitative estimate of drug-likeness (QED) is 0.769. The Kier molecular flexibility index (Phi) is 2.71. The zero-order valence-electron chi connectivity index (χ0n) is 10.9. The lowest BCUT2D eigenvalue weighted by Gasteiger charge is -1.99. The molecule has 0 bridgehead atoms. The Morgan fingerprint density at radius 1 is 1.20 bits per heavy atom. The standard InChI is InChI=1S/C14H11N3O3/c1-7-5-10(8(2)17-16-7)13-15-11-6-9(14(18)19)3-4-12(11)20-13/h3-6H,1-2H3,(H,18,19). The largest absolute Gasteiger partial charge is 0.478 e. The first-order valence-corrected chi connectivity index (χ1v) is 6.00. The minimum Gasteiger partial charge on any atom is -0.478 e. The summed E-state index contributed by atoms with van der Waals surface area (Å²) >= 11 is 0. The van der Waals surface area contributed by atoms with Crippen molar-refractivity contribution in [2.45, 2.75) is 13.8 Å². The fourth-order valence-corrected chi connectivity index (χ4v) is 1.94. The first-order valence-electron chi connectivity index (χ1n) is 6.00. The average molecular weight is 269 g/mol. The molecule has 20 heavy (non-hydrogen) atoms. The van der Waals surface area contributed by atoms with Gasteiger partial charge in [-0.05, 0) is 38.1 Å². The molecule has 3 aromatic rings. The fraction of sp³-hybridized carbons (Fsp3) is 0.143. The summed E-state index contributed by atoms with van der Waals surface area (Å²) in [6, 6.07) is 6.42. The second-order valence-electron chi connectivity index (χ2n) is 4.49. The molecule has 1 aromatic carbocycles. The van der Waals surface area contributed by atoms with E-state index in [9.17, 15) is 4.79 Å². The Bertz CT molecular complexity index is 824. The third-order valence-electron chi connectivity index (χ3n) is 2.97. The zero-order chi connectivity index (χ0) is 14.3. The molecule has 0 saturated heterocycles. The summed E-state index contributed by atoms with van der Waals surface area (Å²) in [6.07, 6.45) is 0. The van der Waals surface area contributed by atoms with Gasteiger partial charge < -0.3 is 9.52 Å². The van der Waals surface area contributed by atoms with E-state index in [2.05, 4.69) is 15.2 Å². The minimum absolute atomic E-state index is 0.179. The smallest absolute Gasteiger partial charge is 0.335 e. The van der Waals surface area contributed by atoms with Gasteiger partial charge in [0.15, 0.2) is 5.58 Å². The first-order chi connectivity index (χ1) is 9.54. The van der Waals surface area contributed by atoms with Crippen LogP contribution in [0.2, 0.25) is 0 Å². The van der Waals surface area contributed by atoms with Crippen LogP contribution < -0.4 is 0 Å². The number of aryl methyl sites for hydroxylation is 2. The molecule has 2 heterocycles. The lowest BCUT2D eigenvalue weighted by Crippen LogP contribution is -1.95. The summed E-state index contributed by atoms with van der Waals surface area (Å²) < 4.78 is 5.65. The highest BCUT2D eigenvalue weighted by Gasteiger charge is 2.14. The van der Waals surface area contributed by atoms with Gasteiger partial charge in [0.25, 0.3) is 0 Å². The lowest BCUT2D eigenvalue weighted by molar-refractivity contribution is 0.0697. The van der Waals surface area contributed by atoms with Gasteiger partial charge >= 0.3 is 5.97 Å². The third kappa shape index (κ3) is 2.01. The Morgan fingerprint density at radius 2 is 2.00 bits per heavy atom. The average Bonchev–Trinajstić information content (AvgIpc) is 2.83. The van der Waals surface area contributed by atoms with Crippen LogP contribution in [0.4, 0.5) is 0 Å². The summed E-state index contributed by atoms with van der Waals surface area (Å²) in [5.41, 5.74) is 3.45. The normalized spacial score (nSPS) is 10.9. The molecular weight excluding hydrogens is 258 g/mol. The molecule has 0 aliphatic carbocycles. The van der Waals surface area contributed by atoms with Crippen molar-refractivity contribution in [2.75, 3.05) is 0 Å². The predicted molar refractivity (Wildman–Crippen MR) is 71.5 cm³/mol. The number of aromatic carboxylic acids is 1. The van der Waals surface area contributed by atoms with Crippen LogP contribution in [-0.4, -0.2) is 26.3 Å². The number of aromatic nitrogens is 3. The number of carbonyl (C=O) groups is 1. The third-order valence-corrected chi connectivity index (χ3v) is 2.97. The first kappa shape index (κ1) is 12.3. The number of carboxylic acids is 1. The number of hydrogen-bond acceptors (Lipinski definition) is 5. The van der Waals surface area contributed by atoms with Crippen molar-refractivity contribution < 1.29 is 14.3 Å². The van der Waals surface area contributed by atoms with Gasteiger partial charge in [-0.2, -0.15) is 10.2 Å². The van der Waals surface area contributed by atoms with Crippen molar-refractivity contribution in [2.24, 2.45) is 0 Å². The number of hydrogen-bond donors (Lipinski definition) is 1. The van der Waals surface area contributed by atoms with E-state index in [1.807, 2.05) is 19.9 Å². The van der Waals surface area contributed by atoms with E-state index in [-0.39, 0.29) is 5.56 Å². The summed E-state index contributed by atoms with van der Waals surface area (Å²) in [5, 5.41) is 17.0. The number of carboxylic acid groups (broad SMARTS) is 1. The van der Waals surface area contributed by atoms with Crippen molar-refractivity contribution in [3.05, 3.63) is 41.2 Å². The highest BCUT2D eigenvalue weighted by atomic mass is 16.4. The van der Waals surface area contributed by atoms with E-state index in [0.29, 0.717) is 22.7 Å². The van der Waals surface area contributed by atoms with Crippen LogP contribution in [-0.2, 0) is 0 Å². The minimum atomic E-state index is -0.992. The van der Waals surface area contributed by atoms with Crippen LogP contribution in [0.25, 0.3) is 22.6 Å². The molecule has 1 N–H and O–H groups in total. The topological polar surface area (TPSA) is 89.1 Å². The zero-order valence-corrected chi connectivity index (χ0v) is 10.9. The Morgan fingerprint density at radius 3 is 2.75 bits per heavy atom. The van der Waals surface area contributed by atoms with Crippen LogP contribution in [0.1, 0.15) is 21.7 Å². The maximum Gasteiger partial charge on any atom is 0.335 e. The van der Waals surface area contributed by atoms with Crippen LogP contribution in [0.5, 0.6) is 0 Å². The summed E-state index contributed by atoms with van der Waals surface area (Å²) in [7, 11) is 0. The van der Waals surface area contributed by atoms with Gasteiger partial charge in [0.05, 0.1) is 22.5 Å². The predicted octanol–water partition coefficient (Wildman–Crippen LogP) is 2.60. The highest BCUT2D eigenvalue weighted by molar-refractivity contribution is 5.92. The van der Waals surface area contributed by atoms with Gasteiger partial charge in [0.1, 0.15) is 5.52 Å². The highest BCUT2D eigenvalue weighted by Crippen LogP contribution is 2.26. The molecule has 0 aliphatic rings. The molecule has 6 nitrogen and oxygen atoms in total. The van der Waals surface area contributed by atoms with E-state index in [4.69, 9.17) is 9.52 Å². The van der Waals surface area contributed by atoms with Crippen LogP contribution in [0.15, 0.2) is 28.7 Å². The maximum atomic E-state index is 10.9. The van der Waals surface area contributed by atoms with Crippen LogP contribution in [0, 0.1) is 13.8 Å². The maximum absolute atomic E-state index is 10.9. The van der Waals surface area contributed by atoms with E-state index >= 15 is 0 Å². The number of rotatable bonds is 2. The van der Waals surface area contributed by atoms with Gasteiger partial charge in [-0.25, -0.2) is 9.78 Å². The van der Waals surface area contributed by atoms with Gasteiger partial charge in [-0.15, -0.1) is 0 Å². The molecule has 0 saturated carbocycles. The van der Waals surface area contributed by atoms with Crippen molar-refractivity contribution >= 4 is 17.1 Å². The van der Waals surface area contributed by atoms with E-state index in [1.165, 1.54) is 12.1 Å². The second kappa shape index (κ2) is 4.41. The fourth-order valence-electron chi connectivity index (χ4n) is 1.94. The van der Waals surface area contributed by atoms with Crippen molar-refractivity contribution in [1.29, 1.82) is 0 Å². The van der Waals surface area contributed by atoms with Crippen molar-refractivity contribution in [3.8, 4) is 11.5 Å².